The van der Waals surface area contributed by atoms with Crippen molar-refractivity contribution in [2.24, 2.45) is 11.8 Å². The van der Waals surface area contributed by atoms with Gasteiger partial charge in [0.2, 0.25) is 5.91 Å². The van der Waals surface area contributed by atoms with Crippen LogP contribution in [0.15, 0.2) is 29.7 Å². The molecule has 0 spiro atoms. The SMILES string of the molecule is CCn1c(SCC(=O)N2C[C@H](C)C[C@@H](C)C2)nnc1-c1ccncc1. The molecule has 3 rings (SSSR count). The van der Waals surface area contributed by atoms with Gasteiger partial charge in [-0.2, -0.15) is 0 Å². The molecule has 7 heteroatoms. The van der Waals surface area contributed by atoms with Crippen molar-refractivity contribution in [3.63, 3.8) is 0 Å². The van der Waals surface area contributed by atoms with E-state index in [1.807, 2.05) is 17.0 Å². The van der Waals surface area contributed by atoms with Gasteiger partial charge in [0.05, 0.1) is 5.75 Å². The first-order valence-electron chi connectivity index (χ1n) is 8.82. The molecule has 0 aliphatic carbocycles. The quantitative estimate of drug-likeness (QED) is 0.768. The summed E-state index contributed by atoms with van der Waals surface area (Å²) in [4.78, 5) is 18.6. The molecule has 1 aliphatic heterocycles. The van der Waals surface area contributed by atoms with Gasteiger partial charge in [0.25, 0.3) is 0 Å². The lowest BCUT2D eigenvalue weighted by Crippen LogP contribution is -2.43. The van der Waals surface area contributed by atoms with Crippen LogP contribution < -0.4 is 0 Å². The van der Waals surface area contributed by atoms with Gasteiger partial charge in [0, 0.05) is 37.6 Å². The Kier molecular flexibility index (Phi) is 5.73. The molecule has 2 atom stereocenters. The normalized spacial score (nSPS) is 20.7. The predicted octanol–water partition coefficient (Wildman–Crippen LogP) is 2.96. The van der Waals surface area contributed by atoms with Gasteiger partial charge < -0.3 is 9.47 Å². The molecule has 25 heavy (non-hydrogen) atoms. The molecule has 1 fully saturated rings. The van der Waals surface area contributed by atoms with E-state index in [0.29, 0.717) is 17.6 Å². The number of rotatable bonds is 5. The third-order valence-corrected chi connectivity index (χ3v) is 5.47. The van der Waals surface area contributed by atoms with E-state index in [0.717, 1.165) is 36.2 Å². The van der Waals surface area contributed by atoms with Crippen molar-refractivity contribution in [2.75, 3.05) is 18.8 Å². The highest BCUT2D eigenvalue weighted by molar-refractivity contribution is 7.99. The van der Waals surface area contributed by atoms with E-state index >= 15 is 0 Å². The van der Waals surface area contributed by atoms with Gasteiger partial charge in [-0.3, -0.25) is 9.78 Å². The standard InChI is InChI=1S/C18H25N5OS/c1-4-23-17(15-5-7-19-8-6-15)20-21-18(23)25-12-16(24)22-10-13(2)9-14(3)11-22/h5-8,13-14H,4,9-12H2,1-3H3/t13-,14-/m1/s1. The molecule has 0 saturated carbocycles. The summed E-state index contributed by atoms with van der Waals surface area (Å²) in [6.07, 6.45) is 4.70. The first-order valence-corrected chi connectivity index (χ1v) is 9.81. The van der Waals surface area contributed by atoms with Gasteiger partial charge in [-0.15, -0.1) is 10.2 Å². The molecule has 134 valence electrons. The van der Waals surface area contributed by atoms with Crippen LogP contribution in [0.5, 0.6) is 0 Å². The minimum Gasteiger partial charge on any atom is -0.341 e. The number of amides is 1. The maximum Gasteiger partial charge on any atom is 0.233 e. The summed E-state index contributed by atoms with van der Waals surface area (Å²) in [5, 5.41) is 9.40. The second-order valence-electron chi connectivity index (χ2n) is 6.82. The number of piperidine rings is 1. The van der Waals surface area contributed by atoms with E-state index in [-0.39, 0.29) is 5.91 Å². The average molecular weight is 359 g/mol. The fourth-order valence-electron chi connectivity index (χ4n) is 3.48. The summed E-state index contributed by atoms with van der Waals surface area (Å²) in [6.45, 7) is 9.00. The van der Waals surface area contributed by atoms with E-state index in [1.54, 1.807) is 12.4 Å². The zero-order chi connectivity index (χ0) is 17.8. The first kappa shape index (κ1) is 17.9. The molecule has 1 saturated heterocycles. The van der Waals surface area contributed by atoms with Crippen molar-refractivity contribution >= 4 is 17.7 Å². The molecule has 0 unspecified atom stereocenters. The summed E-state index contributed by atoms with van der Waals surface area (Å²) in [6, 6.07) is 3.85. The number of nitrogens with zero attached hydrogens (tertiary/aromatic N) is 5. The van der Waals surface area contributed by atoms with Crippen molar-refractivity contribution in [1.29, 1.82) is 0 Å². The summed E-state index contributed by atoms with van der Waals surface area (Å²) in [5.41, 5.74) is 0.987. The van der Waals surface area contributed by atoms with Gasteiger partial charge >= 0.3 is 0 Å². The van der Waals surface area contributed by atoms with Gasteiger partial charge in [0.15, 0.2) is 11.0 Å². The Balaban J connectivity index is 1.67. The minimum atomic E-state index is 0.194. The third-order valence-electron chi connectivity index (χ3n) is 4.52. The van der Waals surface area contributed by atoms with Crippen molar-refractivity contribution in [2.45, 2.75) is 38.9 Å². The van der Waals surface area contributed by atoms with Crippen LogP contribution in [0.25, 0.3) is 11.4 Å². The highest BCUT2D eigenvalue weighted by atomic mass is 32.2. The van der Waals surface area contributed by atoms with Gasteiger partial charge in [-0.05, 0) is 37.3 Å². The van der Waals surface area contributed by atoms with Crippen LogP contribution in [0.1, 0.15) is 27.2 Å². The van der Waals surface area contributed by atoms with Crippen LogP contribution in [-0.2, 0) is 11.3 Å². The van der Waals surface area contributed by atoms with E-state index in [9.17, 15) is 4.79 Å². The zero-order valence-corrected chi connectivity index (χ0v) is 15.9. The smallest absolute Gasteiger partial charge is 0.233 e. The van der Waals surface area contributed by atoms with E-state index in [1.165, 1.54) is 18.2 Å². The minimum absolute atomic E-state index is 0.194. The van der Waals surface area contributed by atoms with Crippen molar-refractivity contribution < 1.29 is 4.79 Å². The molecule has 2 aromatic heterocycles. The Morgan fingerprint density at radius 1 is 1.20 bits per heavy atom. The number of thioether (sulfide) groups is 1. The summed E-state index contributed by atoms with van der Waals surface area (Å²) >= 11 is 1.47. The van der Waals surface area contributed by atoms with Crippen molar-refractivity contribution in [3.8, 4) is 11.4 Å². The molecule has 0 aromatic carbocycles. The van der Waals surface area contributed by atoms with Crippen LogP contribution in [0.3, 0.4) is 0 Å². The van der Waals surface area contributed by atoms with E-state index in [4.69, 9.17) is 0 Å². The second-order valence-corrected chi connectivity index (χ2v) is 7.76. The van der Waals surface area contributed by atoms with Crippen LogP contribution >= 0.6 is 11.8 Å². The molecule has 0 bridgehead atoms. The molecule has 0 N–H and O–H groups in total. The topological polar surface area (TPSA) is 63.9 Å². The summed E-state index contributed by atoms with van der Waals surface area (Å²) in [7, 11) is 0. The molecular formula is C18H25N5OS. The summed E-state index contributed by atoms with van der Waals surface area (Å²) in [5.74, 6) is 2.58. The lowest BCUT2D eigenvalue weighted by Gasteiger charge is -2.34. The van der Waals surface area contributed by atoms with Gasteiger partial charge in [-0.25, -0.2) is 0 Å². The van der Waals surface area contributed by atoms with E-state index < -0.39 is 0 Å². The Labute approximate surface area is 153 Å². The maximum absolute atomic E-state index is 12.6. The maximum atomic E-state index is 12.6. The van der Waals surface area contributed by atoms with Crippen LogP contribution in [-0.4, -0.2) is 49.4 Å². The van der Waals surface area contributed by atoms with Crippen LogP contribution in [0, 0.1) is 11.8 Å². The van der Waals surface area contributed by atoms with Crippen molar-refractivity contribution in [1.82, 2.24) is 24.6 Å². The second kappa shape index (κ2) is 7.99. The number of hydrogen-bond acceptors (Lipinski definition) is 5. The fraction of sp³-hybridized carbons (Fsp3) is 0.556. The highest BCUT2D eigenvalue weighted by Gasteiger charge is 2.25. The molecule has 0 radical (unpaired) electrons. The number of hydrogen-bond donors (Lipinski definition) is 0. The molecule has 1 amide bonds. The molecule has 2 aromatic rings. The molecular weight excluding hydrogens is 334 g/mol. The summed E-state index contributed by atoms with van der Waals surface area (Å²) < 4.78 is 2.05. The molecule has 3 heterocycles. The van der Waals surface area contributed by atoms with Gasteiger partial charge in [0.1, 0.15) is 0 Å². The number of carbonyl (C=O) groups excluding carboxylic acids is 1. The Morgan fingerprint density at radius 2 is 1.88 bits per heavy atom. The van der Waals surface area contributed by atoms with Crippen LogP contribution in [0.4, 0.5) is 0 Å². The lowest BCUT2D eigenvalue weighted by atomic mass is 9.92. The average Bonchev–Trinajstić information content (AvgIpc) is 3.02. The van der Waals surface area contributed by atoms with Crippen LogP contribution in [0.2, 0.25) is 0 Å². The number of pyridine rings is 1. The van der Waals surface area contributed by atoms with E-state index in [2.05, 4.69) is 40.5 Å². The zero-order valence-electron chi connectivity index (χ0n) is 15.1. The first-order chi connectivity index (χ1) is 12.1. The Hall–Kier alpha value is -1.89. The lowest BCUT2D eigenvalue weighted by molar-refractivity contribution is -0.130. The number of aromatic nitrogens is 4. The number of carbonyl (C=O) groups is 1. The Morgan fingerprint density at radius 3 is 2.52 bits per heavy atom. The fourth-order valence-corrected chi connectivity index (χ4v) is 4.38. The largest absolute Gasteiger partial charge is 0.341 e. The number of likely N-dealkylation sites (tertiary alicyclic amines) is 1. The third kappa shape index (κ3) is 4.21. The van der Waals surface area contributed by atoms with Gasteiger partial charge in [-0.1, -0.05) is 25.6 Å². The Bertz CT molecular complexity index is 708. The predicted molar refractivity (Wildman–Crippen MR) is 99.2 cm³/mol. The highest BCUT2D eigenvalue weighted by Crippen LogP contribution is 2.25. The monoisotopic (exact) mass is 359 g/mol. The molecule has 1 aliphatic rings. The van der Waals surface area contributed by atoms with Crippen molar-refractivity contribution in [3.05, 3.63) is 24.5 Å². The molecule has 6 nitrogen and oxygen atoms in total.